The van der Waals surface area contributed by atoms with Gasteiger partial charge in [-0.2, -0.15) is 18.2 Å². The molecule has 0 saturated heterocycles. The van der Waals surface area contributed by atoms with Crippen molar-refractivity contribution < 1.29 is 22.6 Å². The summed E-state index contributed by atoms with van der Waals surface area (Å²) in [6, 6.07) is 16.0. The third-order valence-corrected chi connectivity index (χ3v) is 5.82. The number of fused-ring (bicyclic) bond motifs is 3. The number of aromatic nitrogens is 3. The lowest BCUT2D eigenvalue weighted by Crippen LogP contribution is -2.28. The molecule has 5 rings (SSSR count). The van der Waals surface area contributed by atoms with E-state index in [1.165, 1.54) is 23.8 Å². The average Bonchev–Trinajstić information content (AvgIpc) is 2.83. The van der Waals surface area contributed by atoms with Crippen molar-refractivity contribution in [2.45, 2.75) is 32.7 Å². The normalized spacial score (nSPS) is 12.6. The third-order valence-electron chi connectivity index (χ3n) is 5.82. The SMILES string of the molecule is Cc1ccc2c(c1)CCn1c-2cc(OCc2ccc(Oc3cccc(C(F)(F)F)n3)c(N)c2)nc1=O. The highest BCUT2D eigenvalue weighted by molar-refractivity contribution is 5.67. The second-order valence-corrected chi connectivity index (χ2v) is 8.45. The van der Waals surface area contributed by atoms with E-state index in [1.807, 2.05) is 19.1 Å². The Morgan fingerprint density at radius 1 is 1.03 bits per heavy atom. The first-order valence-electron chi connectivity index (χ1n) is 11.1. The van der Waals surface area contributed by atoms with Crippen LogP contribution in [-0.2, 0) is 25.7 Å². The molecule has 3 heterocycles. The van der Waals surface area contributed by atoms with Crippen LogP contribution in [0.2, 0.25) is 0 Å². The highest BCUT2D eigenvalue weighted by Crippen LogP contribution is 2.33. The molecular weight excluding hydrogens is 473 g/mol. The molecule has 0 bridgehead atoms. The minimum Gasteiger partial charge on any atom is -0.473 e. The summed E-state index contributed by atoms with van der Waals surface area (Å²) in [5.41, 5.74) is 9.51. The smallest absolute Gasteiger partial charge is 0.433 e. The van der Waals surface area contributed by atoms with Crippen molar-refractivity contribution in [2.24, 2.45) is 0 Å². The fourth-order valence-electron chi connectivity index (χ4n) is 4.09. The molecule has 0 spiro atoms. The first-order valence-corrected chi connectivity index (χ1v) is 11.1. The lowest BCUT2D eigenvalue weighted by molar-refractivity contribution is -0.141. The van der Waals surface area contributed by atoms with Gasteiger partial charge in [-0.15, -0.1) is 0 Å². The number of benzene rings is 2. The van der Waals surface area contributed by atoms with Gasteiger partial charge in [-0.25, -0.2) is 9.78 Å². The van der Waals surface area contributed by atoms with Crippen LogP contribution in [0.15, 0.2) is 65.5 Å². The molecule has 0 saturated carbocycles. The van der Waals surface area contributed by atoms with E-state index in [1.54, 1.807) is 22.8 Å². The summed E-state index contributed by atoms with van der Waals surface area (Å²) in [6.45, 7) is 2.65. The fraction of sp³-hybridized carbons (Fsp3) is 0.192. The predicted molar refractivity (Wildman–Crippen MR) is 127 cm³/mol. The molecule has 0 atom stereocenters. The lowest BCUT2D eigenvalue weighted by atomic mass is 9.96. The Hall–Kier alpha value is -4.34. The zero-order valence-electron chi connectivity index (χ0n) is 19.2. The predicted octanol–water partition coefficient (Wildman–Crippen LogP) is 5.14. The Labute approximate surface area is 204 Å². The zero-order chi connectivity index (χ0) is 25.4. The van der Waals surface area contributed by atoms with Crippen LogP contribution in [0.5, 0.6) is 17.5 Å². The molecule has 4 aromatic rings. The summed E-state index contributed by atoms with van der Waals surface area (Å²) in [5, 5.41) is 0. The standard InChI is InChI=1S/C26H21F3N4O3/c1-15-5-7-18-17(11-15)9-10-33-20(18)13-24(32-25(33)34)35-14-16-6-8-21(19(30)12-16)36-23-4-2-3-22(31-23)26(27,28)29/h2-8,11-13H,9-10,14,30H2,1H3. The molecule has 0 radical (unpaired) electrons. The van der Waals surface area contributed by atoms with Gasteiger partial charge in [-0.1, -0.05) is 35.9 Å². The Kier molecular flexibility index (Phi) is 5.87. The topological polar surface area (TPSA) is 92.3 Å². The Morgan fingerprint density at radius 2 is 1.86 bits per heavy atom. The summed E-state index contributed by atoms with van der Waals surface area (Å²) >= 11 is 0. The number of halogens is 3. The molecule has 2 aromatic carbocycles. The van der Waals surface area contributed by atoms with Crippen LogP contribution in [0.4, 0.5) is 18.9 Å². The molecule has 10 heteroatoms. The summed E-state index contributed by atoms with van der Waals surface area (Å²) in [6.07, 6.45) is -3.82. The summed E-state index contributed by atoms with van der Waals surface area (Å²) < 4.78 is 51.5. The van der Waals surface area contributed by atoms with E-state index in [-0.39, 0.29) is 35.5 Å². The number of anilines is 1. The van der Waals surface area contributed by atoms with Gasteiger partial charge in [0.05, 0.1) is 11.4 Å². The number of ether oxygens (including phenoxy) is 2. The maximum atomic E-state index is 12.9. The monoisotopic (exact) mass is 494 g/mol. The van der Waals surface area contributed by atoms with Crippen molar-refractivity contribution in [3.05, 3.63) is 93.5 Å². The Morgan fingerprint density at radius 3 is 2.64 bits per heavy atom. The van der Waals surface area contributed by atoms with Crippen LogP contribution in [0, 0.1) is 6.92 Å². The zero-order valence-corrected chi connectivity index (χ0v) is 19.2. The van der Waals surface area contributed by atoms with Gasteiger partial charge in [-0.3, -0.25) is 4.57 Å². The van der Waals surface area contributed by atoms with E-state index < -0.39 is 11.9 Å². The molecule has 2 aromatic heterocycles. The van der Waals surface area contributed by atoms with E-state index in [0.717, 1.165) is 29.3 Å². The van der Waals surface area contributed by atoms with Gasteiger partial charge in [-0.05, 0) is 42.7 Å². The van der Waals surface area contributed by atoms with Crippen molar-refractivity contribution in [2.75, 3.05) is 5.73 Å². The number of rotatable bonds is 5. The maximum Gasteiger partial charge on any atom is 0.433 e. The second-order valence-electron chi connectivity index (χ2n) is 8.45. The van der Waals surface area contributed by atoms with Crippen molar-refractivity contribution in [3.63, 3.8) is 0 Å². The lowest BCUT2D eigenvalue weighted by Gasteiger charge is -2.22. The quantitative estimate of drug-likeness (QED) is 0.386. The number of nitrogen functional groups attached to an aromatic ring is 1. The van der Waals surface area contributed by atoms with Crippen LogP contribution < -0.4 is 20.9 Å². The highest BCUT2D eigenvalue weighted by Gasteiger charge is 2.32. The molecule has 7 nitrogen and oxygen atoms in total. The fourth-order valence-corrected chi connectivity index (χ4v) is 4.09. The van der Waals surface area contributed by atoms with Crippen molar-refractivity contribution in [1.29, 1.82) is 0 Å². The number of pyridine rings is 1. The molecule has 36 heavy (non-hydrogen) atoms. The van der Waals surface area contributed by atoms with Crippen molar-refractivity contribution in [1.82, 2.24) is 14.5 Å². The van der Waals surface area contributed by atoms with Gasteiger partial charge in [0.15, 0.2) is 5.75 Å². The van der Waals surface area contributed by atoms with E-state index in [4.69, 9.17) is 15.2 Å². The summed E-state index contributed by atoms with van der Waals surface area (Å²) in [5.74, 6) is 0.115. The molecular formula is C26H21F3N4O3. The van der Waals surface area contributed by atoms with Gasteiger partial charge in [0.25, 0.3) is 0 Å². The molecule has 184 valence electrons. The molecule has 2 N–H and O–H groups in total. The largest absolute Gasteiger partial charge is 0.473 e. The van der Waals surface area contributed by atoms with Crippen molar-refractivity contribution >= 4 is 5.69 Å². The van der Waals surface area contributed by atoms with E-state index in [2.05, 4.69) is 16.0 Å². The molecule has 0 unspecified atom stereocenters. The van der Waals surface area contributed by atoms with Crippen LogP contribution in [0.1, 0.15) is 22.4 Å². The second kappa shape index (κ2) is 9.03. The number of nitrogens with zero attached hydrogens (tertiary/aromatic N) is 3. The minimum absolute atomic E-state index is 0.0724. The van der Waals surface area contributed by atoms with Gasteiger partial charge >= 0.3 is 11.9 Å². The first-order chi connectivity index (χ1) is 17.2. The van der Waals surface area contributed by atoms with Crippen LogP contribution in [0.25, 0.3) is 11.3 Å². The number of alkyl halides is 3. The van der Waals surface area contributed by atoms with Gasteiger partial charge < -0.3 is 15.2 Å². The number of nitrogens with two attached hydrogens (primary N) is 1. The van der Waals surface area contributed by atoms with E-state index in [0.29, 0.717) is 12.1 Å². The van der Waals surface area contributed by atoms with Crippen LogP contribution >= 0.6 is 0 Å². The summed E-state index contributed by atoms with van der Waals surface area (Å²) in [7, 11) is 0. The number of hydrogen-bond donors (Lipinski definition) is 1. The summed E-state index contributed by atoms with van der Waals surface area (Å²) in [4.78, 5) is 20.1. The molecule has 0 aliphatic carbocycles. The highest BCUT2D eigenvalue weighted by atomic mass is 19.4. The van der Waals surface area contributed by atoms with Gasteiger partial charge in [0.2, 0.25) is 11.8 Å². The molecule has 1 aliphatic heterocycles. The van der Waals surface area contributed by atoms with Crippen LogP contribution in [-0.4, -0.2) is 14.5 Å². The first kappa shape index (κ1) is 23.4. The Balaban J connectivity index is 1.32. The van der Waals surface area contributed by atoms with E-state index in [9.17, 15) is 18.0 Å². The van der Waals surface area contributed by atoms with Gasteiger partial charge in [0.1, 0.15) is 12.3 Å². The average molecular weight is 494 g/mol. The molecule has 0 fully saturated rings. The van der Waals surface area contributed by atoms with Crippen molar-refractivity contribution in [3.8, 4) is 28.8 Å². The maximum absolute atomic E-state index is 12.9. The number of hydrogen-bond acceptors (Lipinski definition) is 6. The minimum atomic E-state index is -4.58. The third kappa shape index (κ3) is 4.74. The van der Waals surface area contributed by atoms with Gasteiger partial charge in [0, 0.05) is 24.2 Å². The molecule has 1 aliphatic rings. The Bertz CT molecular complexity index is 1520. The van der Waals surface area contributed by atoms with E-state index >= 15 is 0 Å². The number of aryl methyl sites for hydroxylation is 2. The molecule has 0 amide bonds. The van der Waals surface area contributed by atoms with Crippen LogP contribution in [0.3, 0.4) is 0 Å².